The van der Waals surface area contributed by atoms with Crippen LogP contribution in [0.15, 0.2) is 60.7 Å². The van der Waals surface area contributed by atoms with E-state index in [1.807, 2.05) is 0 Å². The van der Waals surface area contributed by atoms with Crippen LogP contribution in [-0.2, 0) is 11.7 Å². The molecule has 0 heterocycles. The Hall–Kier alpha value is -0.443. The van der Waals surface area contributed by atoms with E-state index in [0.717, 1.165) is 0 Å². The number of rotatable bonds is 2. The van der Waals surface area contributed by atoms with Gasteiger partial charge in [0.15, 0.2) is 0 Å². The topological polar surface area (TPSA) is 0 Å². The Morgan fingerprint density at radius 2 is 1.00 bits per heavy atom. The van der Waals surface area contributed by atoms with Crippen molar-refractivity contribution in [3.63, 3.8) is 0 Å². The van der Waals surface area contributed by atoms with E-state index in [0.29, 0.717) is 0 Å². The van der Waals surface area contributed by atoms with Crippen molar-refractivity contribution in [2.75, 3.05) is 0 Å². The molecule has 0 unspecified atom stereocenters. The first kappa shape index (κ1) is 10.1. The molecule has 0 spiro atoms. The summed E-state index contributed by atoms with van der Waals surface area (Å²) in [7, 11) is 0. The van der Waals surface area contributed by atoms with Gasteiger partial charge in [-0.3, -0.25) is 0 Å². The normalized spacial score (nSPS) is 11.1. The van der Waals surface area contributed by atoms with Crippen LogP contribution in [0.1, 0.15) is 0 Å². The summed E-state index contributed by atoms with van der Waals surface area (Å²) in [6, 6.07) is 21.3. The number of hydrogen-bond acceptors (Lipinski definition) is 0. The van der Waals surface area contributed by atoms with Gasteiger partial charge in [0.2, 0.25) is 0 Å². The SMILES string of the molecule is [Li][Cu]([c]1ccccc1)[c]1ccccc1. The molecule has 0 aliphatic heterocycles. The zero-order valence-corrected chi connectivity index (χ0v) is 9.02. The maximum absolute atomic E-state index is 2.26. The van der Waals surface area contributed by atoms with Gasteiger partial charge in [0.05, 0.1) is 0 Å². The van der Waals surface area contributed by atoms with E-state index in [-0.39, 0.29) is 11.7 Å². The fourth-order valence-electron chi connectivity index (χ4n) is 1.20. The molecular formula is C12H10CuLi. The van der Waals surface area contributed by atoms with Gasteiger partial charge < -0.3 is 0 Å². The van der Waals surface area contributed by atoms with Crippen LogP contribution >= 0.6 is 0 Å². The van der Waals surface area contributed by atoms with E-state index in [1.54, 1.807) is 0 Å². The Kier molecular flexibility index (Phi) is 3.51. The van der Waals surface area contributed by atoms with Gasteiger partial charge in [-0.1, -0.05) is 0 Å². The Bertz CT molecular complexity index is 346. The average Bonchev–Trinajstić information content (AvgIpc) is 2.30. The van der Waals surface area contributed by atoms with Crippen molar-refractivity contribution in [1.29, 1.82) is 0 Å². The van der Waals surface area contributed by atoms with Crippen LogP contribution in [0.3, 0.4) is 0 Å². The average molecular weight is 225 g/mol. The fraction of sp³-hybridized carbons (Fsp3) is 0. The Labute approximate surface area is 96.7 Å². The Balaban J connectivity index is 2.30. The predicted molar refractivity (Wildman–Crippen MR) is 57.9 cm³/mol. The van der Waals surface area contributed by atoms with Crippen LogP contribution in [0.5, 0.6) is 0 Å². The molecular weight excluding hydrogens is 215 g/mol. The van der Waals surface area contributed by atoms with E-state index < -0.39 is 0 Å². The Morgan fingerprint density at radius 1 is 0.643 bits per heavy atom. The third kappa shape index (κ3) is 2.32. The van der Waals surface area contributed by atoms with Crippen LogP contribution in [0, 0.1) is 0 Å². The Morgan fingerprint density at radius 3 is 1.36 bits per heavy atom. The van der Waals surface area contributed by atoms with Gasteiger partial charge in [0, 0.05) is 0 Å². The van der Waals surface area contributed by atoms with Gasteiger partial charge in [-0.2, -0.15) is 0 Å². The zero-order chi connectivity index (χ0) is 9.80. The molecule has 2 rings (SSSR count). The van der Waals surface area contributed by atoms with E-state index >= 15 is 0 Å². The first-order valence-electron chi connectivity index (χ1n) is 4.42. The number of hydrogen-bond donors (Lipinski definition) is 0. The van der Waals surface area contributed by atoms with Gasteiger partial charge in [-0.05, 0) is 0 Å². The first-order valence-corrected chi connectivity index (χ1v) is 6.31. The van der Waals surface area contributed by atoms with Crippen molar-refractivity contribution >= 4 is 24.7 Å². The third-order valence-electron chi connectivity index (χ3n) is 1.94. The van der Waals surface area contributed by atoms with Gasteiger partial charge in [0.25, 0.3) is 0 Å². The molecule has 0 atom stereocenters. The van der Waals surface area contributed by atoms with Crippen LogP contribution in [0.25, 0.3) is 0 Å². The first-order chi connectivity index (χ1) is 6.88. The van der Waals surface area contributed by atoms with Crippen LogP contribution in [0.2, 0.25) is 0 Å². The quantitative estimate of drug-likeness (QED) is 0.676. The molecule has 0 amide bonds. The van der Waals surface area contributed by atoms with Crippen molar-refractivity contribution in [3.05, 3.63) is 60.7 Å². The van der Waals surface area contributed by atoms with E-state index in [2.05, 4.69) is 76.4 Å². The van der Waals surface area contributed by atoms with Gasteiger partial charge >= 0.3 is 97.1 Å². The summed E-state index contributed by atoms with van der Waals surface area (Å²) in [5, 5.41) is 0. The molecule has 0 radical (unpaired) electrons. The van der Waals surface area contributed by atoms with Crippen molar-refractivity contribution < 1.29 is 11.7 Å². The second-order valence-electron chi connectivity index (χ2n) is 2.88. The van der Waals surface area contributed by atoms with Gasteiger partial charge in [-0.25, -0.2) is 0 Å². The zero-order valence-electron chi connectivity index (χ0n) is 8.08. The summed E-state index contributed by atoms with van der Waals surface area (Å²) in [5.74, 6) is 0. The molecule has 0 bridgehead atoms. The summed E-state index contributed by atoms with van der Waals surface area (Å²) in [6.45, 7) is 0. The molecule has 2 aromatic rings. The molecule has 0 aromatic heterocycles. The van der Waals surface area contributed by atoms with Crippen molar-refractivity contribution in [2.24, 2.45) is 0 Å². The van der Waals surface area contributed by atoms with Crippen LogP contribution in [0.4, 0.5) is 0 Å². The predicted octanol–water partition coefficient (Wildman–Crippen LogP) is 1.34. The number of benzene rings is 2. The standard InChI is InChI=1S/2C6H5.Cu.Li/c2*1-2-4-6-5-3-1;;/h2*1-5H;;. The van der Waals surface area contributed by atoms with Gasteiger partial charge in [0.1, 0.15) is 0 Å². The summed E-state index contributed by atoms with van der Waals surface area (Å²) < 4.78 is 2.79. The van der Waals surface area contributed by atoms with Crippen LogP contribution in [-0.4, -0.2) is 15.8 Å². The second-order valence-corrected chi connectivity index (χ2v) is 5.14. The van der Waals surface area contributed by atoms with Crippen molar-refractivity contribution in [3.8, 4) is 0 Å². The van der Waals surface area contributed by atoms with E-state index in [9.17, 15) is 0 Å². The molecule has 0 aliphatic carbocycles. The van der Waals surface area contributed by atoms with Crippen LogP contribution < -0.4 is 8.92 Å². The molecule has 70 valence electrons. The summed E-state index contributed by atoms with van der Waals surface area (Å²) >= 11 is 2.53. The summed E-state index contributed by atoms with van der Waals surface area (Å²) in [5.41, 5.74) is 0. The minimum atomic E-state index is 0.273. The molecule has 2 heteroatoms. The molecule has 0 N–H and O–H groups in total. The molecule has 2 aromatic carbocycles. The second kappa shape index (κ2) is 4.87. The van der Waals surface area contributed by atoms with E-state index in [1.165, 1.54) is 8.92 Å². The summed E-state index contributed by atoms with van der Waals surface area (Å²) in [4.78, 5) is 0. The molecule has 0 aliphatic rings. The van der Waals surface area contributed by atoms with Crippen molar-refractivity contribution in [2.45, 2.75) is 0 Å². The molecule has 14 heavy (non-hydrogen) atoms. The fourth-order valence-corrected chi connectivity index (χ4v) is 2.82. The maximum atomic E-state index is 2.26. The summed E-state index contributed by atoms with van der Waals surface area (Å²) in [6.07, 6.45) is 0. The minimum absolute atomic E-state index is 0.273. The van der Waals surface area contributed by atoms with Crippen molar-refractivity contribution in [1.82, 2.24) is 0 Å². The van der Waals surface area contributed by atoms with E-state index in [4.69, 9.17) is 0 Å². The molecule has 0 saturated carbocycles. The van der Waals surface area contributed by atoms with Gasteiger partial charge in [-0.15, -0.1) is 0 Å². The molecule has 0 fully saturated rings. The molecule has 0 saturated heterocycles. The third-order valence-corrected chi connectivity index (χ3v) is 4.20. The monoisotopic (exact) mass is 224 g/mol. The molecule has 0 nitrogen and oxygen atoms in total.